The van der Waals surface area contributed by atoms with Gasteiger partial charge in [-0.3, -0.25) is 0 Å². The van der Waals surface area contributed by atoms with Crippen LogP contribution in [0.25, 0.3) is 0 Å². The van der Waals surface area contributed by atoms with Gasteiger partial charge in [0.1, 0.15) is 0 Å². The zero-order valence-electron chi connectivity index (χ0n) is 15.1. The van der Waals surface area contributed by atoms with Crippen LogP contribution in [0, 0.1) is 5.92 Å². The van der Waals surface area contributed by atoms with Crippen LogP contribution < -0.4 is 0 Å². The van der Waals surface area contributed by atoms with Gasteiger partial charge in [0.15, 0.2) is 0 Å². The van der Waals surface area contributed by atoms with Crippen LogP contribution in [-0.2, 0) is 4.74 Å². The third kappa shape index (κ3) is 4.45. The van der Waals surface area contributed by atoms with Crippen LogP contribution in [0.15, 0.2) is 23.3 Å². The summed E-state index contributed by atoms with van der Waals surface area (Å²) in [5, 5.41) is 10.9. The molecule has 0 aromatic heterocycles. The van der Waals surface area contributed by atoms with E-state index in [2.05, 4.69) is 39.8 Å². The first-order valence-electron chi connectivity index (χ1n) is 8.92. The van der Waals surface area contributed by atoms with E-state index in [-0.39, 0.29) is 11.7 Å². The lowest BCUT2D eigenvalue weighted by Crippen LogP contribution is -2.40. The van der Waals surface area contributed by atoms with Crippen LogP contribution >= 0.6 is 0 Å². The van der Waals surface area contributed by atoms with Gasteiger partial charge < -0.3 is 9.84 Å². The lowest BCUT2D eigenvalue weighted by Gasteiger charge is -2.31. The maximum atomic E-state index is 10.9. The minimum atomic E-state index is -0.724. The monoisotopic (exact) mass is 306 g/mol. The second-order valence-corrected chi connectivity index (χ2v) is 8.22. The Labute approximate surface area is 136 Å². The van der Waals surface area contributed by atoms with Crippen LogP contribution in [0.4, 0.5) is 0 Å². The molecule has 2 heteroatoms. The summed E-state index contributed by atoms with van der Waals surface area (Å²) in [6, 6.07) is 0. The van der Waals surface area contributed by atoms with Crippen molar-refractivity contribution in [3.05, 3.63) is 23.3 Å². The smallest absolute Gasteiger partial charge is 0.0883 e. The van der Waals surface area contributed by atoms with E-state index in [0.29, 0.717) is 5.92 Å². The Morgan fingerprint density at radius 2 is 1.68 bits per heavy atom. The van der Waals surface area contributed by atoms with Crippen LogP contribution in [0.1, 0.15) is 79.6 Å². The highest BCUT2D eigenvalue weighted by atomic mass is 16.5. The van der Waals surface area contributed by atoms with E-state index in [9.17, 15) is 5.11 Å². The maximum absolute atomic E-state index is 10.9. The maximum Gasteiger partial charge on any atom is 0.0883 e. The van der Waals surface area contributed by atoms with Crippen molar-refractivity contribution in [2.45, 2.75) is 96.9 Å². The van der Waals surface area contributed by atoms with Crippen LogP contribution in [0.3, 0.4) is 0 Å². The zero-order chi connectivity index (χ0) is 16.4. The number of allylic oxidation sites excluding steroid dienone is 4. The SMILES string of the molecule is C/C1=C/CC[C@@](C)(O)C2CC(CC/C(C)=C\CC1)C(C)(C)O2. The van der Waals surface area contributed by atoms with Gasteiger partial charge in [-0.15, -0.1) is 0 Å². The molecule has 3 atom stereocenters. The van der Waals surface area contributed by atoms with E-state index >= 15 is 0 Å². The van der Waals surface area contributed by atoms with Crippen molar-refractivity contribution in [1.29, 1.82) is 0 Å². The molecular formula is C20H34O2. The van der Waals surface area contributed by atoms with Gasteiger partial charge in [0.25, 0.3) is 0 Å². The fourth-order valence-electron chi connectivity index (χ4n) is 3.82. The minimum absolute atomic E-state index is 0.0339. The fourth-order valence-corrected chi connectivity index (χ4v) is 3.82. The number of aliphatic hydroxyl groups is 1. The number of hydrogen-bond acceptors (Lipinski definition) is 2. The Balaban J connectivity index is 2.17. The summed E-state index contributed by atoms with van der Waals surface area (Å²) >= 11 is 0. The Kier molecular flexibility index (Phi) is 5.55. The number of hydrogen-bond donors (Lipinski definition) is 1. The first-order chi connectivity index (χ1) is 10.2. The van der Waals surface area contributed by atoms with E-state index in [4.69, 9.17) is 4.74 Å². The van der Waals surface area contributed by atoms with Gasteiger partial charge in [0.05, 0.1) is 17.3 Å². The lowest BCUT2D eigenvalue weighted by molar-refractivity contribution is -0.124. The Bertz CT molecular complexity index is 443. The van der Waals surface area contributed by atoms with Gasteiger partial charge in [0.2, 0.25) is 0 Å². The molecule has 22 heavy (non-hydrogen) atoms. The quantitative estimate of drug-likeness (QED) is 0.626. The summed E-state index contributed by atoms with van der Waals surface area (Å²) in [4.78, 5) is 0. The van der Waals surface area contributed by atoms with E-state index in [1.165, 1.54) is 11.1 Å². The lowest BCUT2D eigenvalue weighted by atomic mass is 9.81. The van der Waals surface area contributed by atoms with Gasteiger partial charge in [0, 0.05) is 0 Å². The molecule has 0 saturated carbocycles. The van der Waals surface area contributed by atoms with Gasteiger partial charge in [-0.05, 0) is 85.5 Å². The zero-order valence-corrected chi connectivity index (χ0v) is 15.1. The van der Waals surface area contributed by atoms with Crippen molar-refractivity contribution < 1.29 is 9.84 Å². The summed E-state index contributed by atoms with van der Waals surface area (Å²) in [5.41, 5.74) is 2.08. The number of fused-ring (bicyclic) bond motifs is 2. The first-order valence-corrected chi connectivity index (χ1v) is 8.92. The largest absolute Gasteiger partial charge is 0.387 e. The molecule has 2 unspecified atom stereocenters. The second kappa shape index (κ2) is 6.88. The molecule has 1 aliphatic carbocycles. The molecule has 2 bridgehead atoms. The topological polar surface area (TPSA) is 29.5 Å². The molecule has 2 aliphatic rings. The average Bonchev–Trinajstić information content (AvgIpc) is 2.71. The molecule has 2 nitrogen and oxygen atoms in total. The van der Waals surface area contributed by atoms with Gasteiger partial charge >= 0.3 is 0 Å². The average molecular weight is 306 g/mol. The van der Waals surface area contributed by atoms with Crippen molar-refractivity contribution in [1.82, 2.24) is 0 Å². The summed E-state index contributed by atoms with van der Waals surface area (Å²) in [7, 11) is 0. The molecule has 1 N–H and O–H groups in total. The number of ether oxygens (including phenoxy) is 1. The van der Waals surface area contributed by atoms with Crippen molar-refractivity contribution in [3.63, 3.8) is 0 Å². The molecule has 1 saturated heterocycles. The molecule has 0 amide bonds. The highest BCUT2D eigenvalue weighted by Crippen LogP contribution is 2.43. The molecule has 0 radical (unpaired) electrons. The third-order valence-electron chi connectivity index (χ3n) is 5.68. The summed E-state index contributed by atoms with van der Waals surface area (Å²) in [6.45, 7) is 10.8. The highest BCUT2D eigenvalue weighted by Gasteiger charge is 2.47. The predicted molar refractivity (Wildman–Crippen MR) is 92.9 cm³/mol. The van der Waals surface area contributed by atoms with Crippen molar-refractivity contribution >= 4 is 0 Å². The number of rotatable bonds is 0. The molecule has 1 heterocycles. The molecule has 0 aromatic rings. The predicted octanol–water partition coefficient (Wildman–Crippen LogP) is 5.17. The molecule has 126 valence electrons. The second-order valence-electron chi connectivity index (χ2n) is 8.22. The van der Waals surface area contributed by atoms with Crippen molar-refractivity contribution in [2.75, 3.05) is 0 Å². The molecule has 0 aromatic carbocycles. The summed E-state index contributed by atoms with van der Waals surface area (Å²) < 4.78 is 6.28. The summed E-state index contributed by atoms with van der Waals surface area (Å²) in [6.07, 6.45) is 11.9. The minimum Gasteiger partial charge on any atom is -0.387 e. The Hall–Kier alpha value is -0.600. The van der Waals surface area contributed by atoms with Crippen LogP contribution in [0.2, 0.25) is 0 Å². The van der Waals surface area contributed by atoms with E-state index in [1.54, 1.807) is 0 Å². The van der Waals surface area contributed by atoms with Gasteiger partial charge in [-0.2, -0.15) is 0 Å². The van der Waals surface area contributed by atoms with E-state index in [1.807, 2.05) is 6.92 Å². The molecular weight excluding hydrogens is 272 g/mol. The van der Waals surface area contributed by atoms with Crippen LogP contribution in [-0.4, -0.2) is 22.4 Å². The molecule has 1 aliphatic heterocycles. The van der Waals surface area contributed by atoms with Crippen LogP contribution in [0.5, 0.6) is 0 Å². The third-order valence-corrected chi connectivity index (χ3v) is 5.68. The van der Waals surface area contributed by atoms with Crippen molar-refractivity contribution in [2.24, 2.45) is 5.92 Å². The van der Waals surface area contributed by atoms with E-state index < -0.39 is 5.60 Å². The normalized spacial score (nSPS) is 41.9. The highest BCUT2D eigenvalue weighted by molar-refractivity contribution is 5.06. The Morgan fingerprint density at radius 3 is 2.41 bits per heavy atom. The first kappa shape index (κ1) is 17.7. The molecule has 0 spiro atoms. The fraction of sp³-hybridized carbons (Fsp3) is 0.800. The molecule has 1 fully saturated rings. The Morgan fingerprint density at radius 1 is 1.05 bits per heavy atom. The standard InChI is InChI=1S/C20H34O2/c1-15-8-6-9-16(2)11-12-17-14-18(22-19(17,3)4)20(5,21)13-7-10-15/h9-10,17-18,21H,6-8,11-14H2,1-5H3/b15-10-,16-9-/t17?,18?,20-/m1/s1. The van der Waals surface area contributed by atoms with E-state index in [0.717, 1.165) is 44.9 Å². The van der Waals surface area contributed by atoms with Crippen molar-refractivity contribution in [3.8, 4) is 0 Å². The van der Waals surface area contributed by atoms with Gasteiger partial charge in [-0.1, -0.05) is 23.3 Å². The summed E-state index contributed by atoms with van der Waals surface area (Å²) in [5.74, 6) is 0.535. The molecule has 2 rings (SSSR count). The van der Waals surface area contributed by atoms with Gasteiger partial charge in [-0.25, -0.2) is 0 Å².